The summed E-state index contributed by atoms with van der Waals surface area (Å²) < 4.78 is 5.42. The number of hydrogen-bond donors (Lipinski definition) is 4. The van der Waals surface area contributed by atoms with Crippen LogP contribution in [0.4, 0.5) is 4.79 Å². The van der Waals surface area contributed by atoms with Gasteiger partial charge in [-0.1, -0.05) is 82.3 Å². The van der Waals surface area contributed by atoms with Gasteiger partial charge in [-0.3, -0.25) is 9.59 Å². The molecule has 1 heterocycles. The first-order valence-electron chi connectivity index (χ1n) is 15.3. The van der Waals surface area contributed by atoms with Crippen molar-refractivity contribution in [1.82, 2.24) is 16.0 Å². The van der Waals surface area contributed by atoms with Gasteiger partial charge in [-0.2, -0.15) is 0 Å². The van der Waals surface area contributed by atoms with Crippen LogP contribution in [-0.4, -0.2) is 46.7 Å². The van der Waals surface area contributed by atoms with Crippen LogP contribution in [0.2, 0.25) is 0 Å². The Morgan fingerprint density at radius 3 is 2.19 bits per heavy atom. The second-order valence-electron chi connectivity index (χ2n) is 12.9. The number of aliphatic hydroxyl groups excluding tert-OH is 1. The molecule has 4 atom stereocenters. The van der Waals surface area contributed by atoms with Gasteiger partial charge >= 0.3 is 6.09 Å². The zero-order valence-corrected chi connectivity index (χ0v) is 26.5. The highest BCUT2D eigenvalue weighted by atomic mass is 32.1. The second-order valence-corrected chi connectivity index (χ2v) is 13.9. The van der Waals surface area contributed by atoms with Crippen LogP contribution in [0.15, 0.2) is 47.8 Å². The summed E-state index contributed by atoms with van der Waals surface area (Å²) in [5, 5.41) is 21.9. The van der Waals surface area contributed by atoms with Crippen LogP contribution in [0.25, 0.3) is 0 Å². The fourth-order valence-electron chi connectivity index (χ4n) is 5.47. The molecule has 1 aromatic heterocycles. The average Bonchev–Trinajstić information content (AvgIpc) is 3.46. The molecule has 9 heteroatoms. The number of ether oxygens (including phenoxy) is 1. The Labute approximate surface area is 255 Å². The lowest BCUT2D eigenvalue weighted by atomic mass is 9.83. The van der Waals surface area contributed by atoms with Gasteiger partial charge in [0.1, 0.15) is 23.8 Å². The van der Waals surface area contributed by atoms with Crippen LogP contribution >= 0.6 is 11.3 Å². The van der Waals surface area contributed by atoms with E-state index in [-0.39, 0.29) is 18.2 Å². The number of nitrogens with one attached hydrogen (secondary N) is 3. The van der Waals surface area contributed by atoms with E-state index in [1.165, 1.54) is 30.6 Å². The topological polar surface area (TPSA) is 117 Å². The summed E-state index contributed by atoms with van der Waals surface area (Å²) in [6, 6.07) is 10.9. The van der Waals surface area contributed by atoms with Crippen LogP contribution in [0.5, 0.6) is 0 Å². The van der Waals surface area contributed by atoms with Gasteiger partial charge in [-0.15, -0.1) is 11.3 Å². The lowest BCUT2D eigenvalue weighted by Crippen LogP contribution is -2.56. The minimum Gasteiger partial charge on any atom is -0.444 e. The third kappa shape index (κ3) is 11.4. The second kappa shape index (κ2) is 16.1. The number of aliphatic hydroxyl groups is 1. The van der Waals surface area contributed by atoms with Crippen molar-refractivity contribution in [3.05, 3.63) is 58.3 Å². The van der Waals surface area contributed by atoms with E-state index in [0.29, 0.717) is 18.8 Å². The first kappa shape index (κ1) is 33.6. The van der Waals surface area contributed by atoms with Crippen molar-refractivity contribution in [3.63, 3.8) is 0 Å². The SMILES string of the molecule is CC(C)C[C@H](NC(=O)[C@H](Cc1ccccc1)NC(=O)OC(C)(C)C)C(=O)N[C@H](CC1CCCCC1)[C@H](O)c1cccs1. The minimum atomic E-state index is -0.945. The van der Waals surface area contributed by atoms with Gasteiger partial charge in [0.2, 0.25) is 11.8 Å². The molecule has 0 saturated heterocycles. The normalized spacial score (nSPS) is 17.1. The van der Waals surface area contributed by atoms with E-state index in [2.05, 4.69) is 16.0 Å². The smallest absolute Gasteiger partial charge is 0.408 e. The van der Waals surface area contributed by atoms with Crippen molar-refractivity contribution < 1.29 is 24.2 Å². The van der Waals surface area contributed by atoms with Gasteiger partial charge in [-0.25, -0.2) is 4.79 Å². The third-order valence-electron chi connectivity index (χ3n) is 7.49. The van der Waals surface area contributed by atoms with Crippen molar-refractivity contribution in [1.29, 1.82) is 0 Å². The predicted octanol–water partition coefficient (Wildman–Crippen LogP) is 5.90. The number of hydrogen-bond acceptors (Lipinski definition) is 6. The first-order valence-corrected chi connectivity index (χ1v) is 16.1. The summed E-state index contributed by atoms with van der Waals surface area (Å²) in [6.45, 7) is 9.27. The van der Waals surface area contributed by atoms with Crippen LogP contribution in [-0.2, 0) is 20.7 Å². The zero-order valence-electron chi connectivity index (χ0n) is 25.7. The first-order chi connectivity index (χ1) is 19.9. The molecule has 1 aromatic carbocycles. The van der Waals surface area contributed by atoms with Crippen molar-refractivity contribution in [3.8, 4) is 0 Å². The summed E-state index contributed by atoms with van der Waals surface area (Å²) in [7, 11) is 0. The monoisotopic (exact) mass is 599 g/mol. The molecular weight excluding hydrogens is 550 g/mol. The summed E-state index contributed by atoms with van der Waals surface area (Å²) in [5.74, 6) is -0.242. The Bertz CT molecular complexity index is 1110. The predicted molar refractivity (Wildman–Crippen MR) is 167 cm³/mol. The fourth-order valence-corrected chi connectivity index (χ4v) is 6.25. The maximum Gasteiger partial charge on any atom is 0.408 e. The molecule has 1 saturated carbocycles. The van der Waals surface area contributed by atoms with Gasteiger partial charge in [0, 0.05) is 11.3 Å². The molecule has 4 N–H and O–H groups in total. The number of benzene rings is 1. The molecule has 2 aromatic rings. The average molecular weight is 600 g/mol. The molecule has 1 aliphatic carbocycles. The maximum absolute atomic E-state index is 13.8. The Balaban J connectivity index is 1.78. The molecule has 3 rings (SSSR count). The number of amides is 3. The van der Waals surface area contributed by atoms with Crippen LogP contribution in [0, 0.1) is 11.8 Å². The molecule has 0 unspecified atom stereocenters. The highest BCUT2D eigenvalue weighted by Gasteiger charge is 2.33. The highest BCUT2D eigenvalue weighted by molar-refractivity contribution is 7.10. The van der Waals surface area contributed by atoms with E-state index in [1.54, 1.807) is 20.8 Å². The number of thiophene rings is 1. The quantitative estimate of drug-likeness (QED) is 0.229. The van der Waals surface area contributed by atoms with Gasteiger partial charge in [0.05, 0.1) is 6.04 Å². The number of alkyl carbamates (subject to hydrolysis) is 1. The summed E-state index contributed by atoms with van der Waals surface area (Å²) in [4.78, 5) is 40.9. The molecule has 1 fully saturated rings. The molecule has 8 nitrogen and oxygen atoms in total. The van der Waals surface area contributed by atoms with Crippen LogP contribution in [0.1, 0.15) is 96.1 Å². The molecule has 42 heavy (non-hydrogen) atoms. The summed E-state index contributed by atoms with van der Waals surface area (Å²) in [5.41, 5.74) is 0.138. The molecule has 0 spiro atoms. The number of carbonyl (C=O) groups excluding carboxylic acids is 3. The van der Waals surface area contributed by atoms with E-state index >= 15 is 0 Å². The number of carbonyl (C=O) groups is 3. The molecule has 3 amide bonds. The van der Waals surface area contributed by atoms with Crippen molar-refractivity contribution >= 4 is 29.2 Å². The van der Waals surface area contributed by atoms with Crippen LogP contribution < -0.4 is 16.0 Å². The minimum absolute atomic E-state index is 0.117. The van der Waals surface area contributed by atoms with Gasteiger partial charge in [0.25, 0.3) is 0 Å². The van der Waals surface area contributed by atoms with E-state index < -0.39 is 41.8 Å². The third-order valence-corrected chi connectivity index (χ3v) is 8.43. The van der Waals surface area contributed by atoms with Crippen molar-refractivity contribution in [2.75, 3.05) is 0 Å². The van der Waals surface area contributed by atoms with Gasteiger partial charge in [0.15, 0.2) is 0 Å². The summed E-state index contributed by atoms with van der Waals surface area (Å²) >= 11 is 1.47. The standard InChI is InChI=1S/C33H49N3O5S/c1-22(2)19-26(30(38)34-25(20-23-13-8-6-9-14-23)29(37)28-17-12-18-42-28)35-31(39)27(21-24-15-10-7-11-16-24)36-32(40)41-33(3,4)5/h7,10-12,15-18,22-23,25-27,29,37H,6,8-9,13-14,19-21H2,1-5H3,(H,34,38)(H,35,39)(H,36,40)/t25-,26+,27+,29+/m1/s1. The molecule has 0 aliphatic heterocycles. The highest BCUT2D eigenvalue weighted by Crippen LogP contribution is 2.32. The molecule has 232 valence electrons. The molecule has 1 aliphatic rings. The van der Waals surface area contributed by atoms with Crippen molar-refractivity contribution in [2.24, 2.45) is 11.8 Å². The van der Waals surface area contributed by atoms with E-state index in [0.717, 1.165) is 23.3 Å². The zero-order chi connectivity index (χ0) is 30.7. The largest absolute Gasteiger partial charge is 0.444 e. The lowest BCUT2D eigenvalue weighted by molar-refractivity contribution is -0.131. The van der Waals surface area contributed by atoms with Gasteiger partial charge in [-0.05, 0) is 62.5 Å². The van der Waals surface area contributed by atoms with E-state index in [4.69, 9.17) is 4.74 Å². The number of rotatable bonds is 13. The van der Waals surface area contributed by atoms with Crippen molar-refractivity contribution in [2.45, 2.75) is 116 Å². The fraction of sp³-hybridized carbons (Fsp3) is 0.606. The molecule has 0 radical (unpaired) electrons. The lowest BCUT2D eigenvalue weighted by Gasteiger charge is -2.32. The van der Waals surface area contributed by atoms with Gasteiger partial charge < -0.3 is 25.8 Å². The Hall–Kier alpha value is -2.91. The molecule has 0 bridgehead atoms. The van der Waals surface area contributed by atoms with Crippen LogP contribution in [0.3, 0.4) is 0 Å². The summed E-state index contributed by atoms with van der Waals surface area (Å²) in [6.07, 6.45) is 5.55. The van der Waals surface area contributed by atoms with E-state index in [9.17, 15) is 19.5 Å². The van der Waals surface area contributed by atoms with E-state index in [1.807, 2.05) is 61.7 Å². The Morgan fingerprint density at radius 1 is 0.929 bits per heavy atom. The Morgan fingerprint density at radius 2 is 1.60 bits per heavy atom. The Kier molecular flexibility index (Phi) is 12.9. The molecular formula is C33H49N3O5S. The maximum atomic E-state index is 13.8.